The van der Waals surface area contributed by atoms with Crippen LogP contribution in [0.1, 0.15) is 27.7 Å². The van der Waals surface area contributed by atoms with E-state index in [1.165, 1.54) is 0 Å². The molecule has 0 spiro atoms. The highest BCUT2D eigenvalue weighted by molar-refractivity contribution is 5.15. The number of nitrogens with one attached hydrogen (secondary N) is 1. The van der Waals surface area contributed by atoms with E-state index < -0.39 is 0 Å². The maximum absolute atomic E-state index is 5.54. The minimum Gasteiger partial charge on any atom is -0.491 e. The quantitative estimate of drug-likeness (QED) is 0.777. The van der Waals surface area contributed by atoms with E-state index >= 15 is 0 Å². The van der Waals surface area contributed by atoms with E-state index in [9.17, 15) is 0 Å². The molecule has 0 aliphatic heterocycles. The highest BCUT2D eigenvalue weighted by Gasteiger charge is 2.18. The van der Waals surface area contributed by atoms with Crippen LogP contribution in [0.25, 0.3) is 0 Å². The number of hydrogen-bond acceptors (Lipinski definition) is 3. The van der Waals surface area contributed by atoms with Gasteiger partial charge in [-0.25, -0.2) is 0 Å². The molecule has 1 rings (SSSR count). The summed E-state index contributed by atoms with van der Waals surface area (Å²) in [6, 6.07) is 4.27. The summed E-state index contributed by atoms with van der Waals surface area (Å²) in [6.07, 6.45) is 3.47. The molecule has 90 valence electrons. The second-order valence-electron chi connectivity index (χ2n) is 5.08. The zero-order valence-electron chi connectivity index (χ0n) is 10.7. The van der Waals surface area contributed by atoms with E-state index in [1.54, 1.807) is 12.4 Å². The first kappa shape index (κ1) is 13.0. The van der Waals surface area contributed by atoms with Gasteiger partial charge in [0, 0.05) is 18.8 Å². The Morgan fingerprint density at radius 1 is 1.44 bits per heavy atom. The second-order valence-corrected chi connectivity index (χ2v) is 5.08. The molecule has 0 saturated carbocycles. The van der Waals surface area contributed by atoms with Gasteiger partial charge in [0.1, 0.15) is 12.4 Å². The van der Waals surface area contributed by atoms with Gasteiger partial charge >= 0.3 is 0 Å². The first-order chi connectivity index (χ1) is 7.50. The van der Waals surface area contributed by atoms with Crippen molar-refractivity contribution in [3.05, 3.63) is 24.5 Å². The van der Waals surface area contributed by atoms with Crippen LogP contribution in [-0.4, -0.2) is 24.2 Å². The van der Waals surface area contributed by atoms with Gasteiger partial charge in [0.2, 0.25) is 0 Å². The molecular weight excluding hydrogens is 200 g/mol. The summed E-state index contributed by atoms with van der Waals surface area (Å²) < 4.78 is 5.54. The lowest BCUT2D eigenvalue weighted by Crippen LogP contribution is -2.39. The van der Waals surface area contributed by atoms with Gasteiger partial charge in [-0.2, -0.15) is 0 Å². The van der Waals surface area contributed by atoms with Crippen molar-refractivity contribution in [1.82, 2.24) is 10.3 Å². The SMILES string of the molecule is C[C@@H](NCCOc1cccnc1)C(C)(C)C. The van der Waals surface area contributed by atoms with Crippen LogP contribution in [0.3, 0.4) is 0 Å². The van der Waals surface area contributed by atoms with Gasteiger partial charge in [0.05, 0.1) is 6.20 Å². The van der Waals surface area contributed by atoms with Gasteiger partial charge in [-0.1, -0.05) is 20.8 Å². The fourth-order valence-electron chi connectivity index (χ4n) is 1.18. The smallest absolute Gasteiger partial charge is 0.137 e. The molecule has 0 radical (unpaired) electrons. The highest BCUT2D eigenvalue weighted by atomic mass is 16.5. The number of pyridine rings is 1. The summed E-state index contributed by atoms with van der Waals surface area (Å²) in [4.78, 5) is 3.99. The van der Waals surface area contributed by atoms with Gasteiger partial charge in [-0.15, -0.1) is 0 Å². The maximum Gasteiger partial charge on any atom is 0.137 e. The van der Waals surface area contributed by atoms with Gasteiger partial charge in [-0.05, 0) is 24.5 Å². The predicted molar refractivity (Wildman–Crippen MR) is 66.7 cm³/mol. The molecule has 0 aliphatic rings. The number of ether oxygens (including phenoxy) is 1. The van der Waals surface area contributed by atoms with Crippen molar-refractivity contribution < 1.29 is 4.74 Å². The first-order valence-electron chi connectivity index (χ1n) is 5.76. The fraction of sp³-hybridized carbons (Fsp3) is 0.615. The van der Waals surface area contributed by atoms with Gasteiger partial charge in [0.25, 0.3) is 0 Å². The molecule has 1 heterocycles. The lowest BCUT2D eigenvalue weighted by Gasteiger charge is -2.28. The lowest BCUT2D eigenvalue weighted by atomic mass is 9.88. The molecule has 0 amide bonds. The van der Waals surface area contributed by atoms with Gasteiger partial charge in [-0.3, -0.25) is 4.98 Å². The van der Waals surface area contributed by atoms with E-state index in [0.717, 1.165) is 12.3 Å². The van der Waals surface area contributed by atoms with E-state index in [0.29, 0.717) is 12.6 Å². The Morgan fingerprint density at radius 2 is 2.19 bits per heavy atom. The predicted octanol–water partition coefficient (Wildman–Crippen LogP) is 2.48. The van der Waals surface area contributed by atoms with E-state index in [4.69, 9.17) is 4.74 Å². The molecule has 1 aromatic rings. The van der Waals surface area contributed by atoms with Crippen LogP contribution in [0.2, 0.25) is 0 Å². The summed E-state index contributed by atoms with van der Waals surface area (Å²) in [5.41, 5.74) is 0.286. The molecule has 16 heavy (non-hydrogen) atoms. The number of aromatic nitrogens is 1. The molecule has 3 heteroatoms. The van der Waals surface area contributed by atoms with Crippen LogP contribution in [0.4, 0.5) is 0 Å². The monoisotopic (exact) mass is 222 g/mol. The molecular formula is C13H22N2O. The molecule has 0 aromatic carbocycles. The highest BCUT2D eigenvalue weighted by Crippen LogP contribution is 2.18. The number of hydrogen-bond donors (Lipinski definition) is 1. The Hall–Kier alpha value is -1.09. The van der Waals surface area contributed by atoms with Gasteiger partial charge in [0.15, 0.2) is 0 Å². The number of rotatable bonds is 5. The summed E-state index contributed by atoms with van der Waals surface area (Å²) in [6.45, 7) is 10.4. The summed E-state index contributed by atoms with van der Waals surface area (Å²) in [5.74, 6) is 0.827. The molecule has 0 saturated heterocycles. The van der Waals surface area contributed by atoms with Crippen LogP contribution in [-0.2, 0) is 0 Å². The molecule has 3 nitrogen and oxygen atoms in total. The molecule has 1 aromatic heterocycles. The Bertz CT molecular complexity index is 293. The topological polar surface area (TPSA) is 34.1 Å². The average Bonchev–Trinajstić information content (AvgIpc) is 2.24. The normalized spacial score (nSPS) is 13.5. The summed E-state index contributed by atoms with van der Waals surface area (Å²) >= 11 is 0. The van der Waals surface area contributed by atoms with Crippen LogP contribution < -0.4 is 10.1 Å². The fourth-order valence-corrected chi connectivity index (χ4v) is 1.18. The molecule has 0 fully saturated rings. The first-order valence-corrected chi connectivity index (χ1v) is 5.76. The third-order valence-electron chi connectivity index (χ3n) is 2.75. The van der Waals surface area contributed by atoms with Crippen molar-refractivity contribution in [1.29, 1.82) is 0 Å². The van der Waals surface area contributed by atoms with E-state index in [1.807, 2.05) is 12.1 Å². The molecule has 1 atom stereocenters. The third-order valence-corrected chi connectivity index (χ3v) is 2.75. The minimum atomic E-state index is 0.286. The Kier molecular flexibility index (Phi) is 4.74. The Labute approximate surface area is 98.2 Å². The van der Waals surface area contributed by atoms with E-state index in [2.05, 4.69) is 38.0 Å². The lowest BCUT2D eigenvalue weighted by molar-refractivity contribution is 0.254. The Balaban J connectivity index is 2.18. The van der Waals surface area contributed by atoms with Crippen molar-refractivity contribution in [2.45, 2.75) is 33.7 Å². The van der Waals surface area contributed by atoms with Crippen LogP contribution in [0, 0.1) is 5.41 Å². The maximum atomic E-state index is 5.54. The molecule has 1 N–H and O–H groups in total. The summed E-state index contributed by atoms with van der Waals surface area (Å²) in [5, 5.41) is 3.45. The van der Waals surface area contributed by atoms with Crippen LogP contribution >= 0.6 is 0 Å². The zero-order valence-corrected chi connectivity index (χ0v) is 10.7. The third kappa shape index (κ3) is 4.62. The second kappa shape index (κ2) is 5.85. The van der Waals surface area contributed by atoms with Crippen molar-refractivity contribution in [3.8, 4) is 5.75 Å². The van der Waals surface area contributed by atoms with Crippen LogP contribution in [0.15, 0.2) is 24.5 Å². The van der Waals surface area contributed by atoms with Crippen LogP contribution in [0.5, 0.6) is 5.75 Å². The number of nitrogens with zero attached hydrogens (tertiary/aromatic N) is 1. The summed E-state index contributed by atoms with van der Waals surface area (Å²) in [7, 11) is 0. The van der Waals surface area contributed by atoms with E-state index in [-0.39, 0.29) is 5.41 Å². The largest absolute Gasteiger partial charge is 0.491 e. The van der Waals surface area contributed by atoms with Gasteiger partial charge < -0.3 is 10.1 Å². The zero-order chi connectivity index (χ0) is 12.0. The standard InChI is InChI=1S/C13H22N2O/c1-11(13(2,3)4)15-8-9-16-12-6-5-7-14-10-12/h5-7,10-11,15H,8-9H2,1-4H3/t11-/m1/s1. The molecule has 0 bridgehead atoms. The Morgan fingerprint density at radius 3 is 2.75 bits per heavy atom. The molecule has 0 unspecified atom stereocenters. The van der Waals surface area contributed by atoms with Crippen molar-refractivity contribution in [2.75, 3.05) is 13.2 Å². The van der Waals surface area contributed by atoms with Crippen molar-refractivity contribution in [2.24, 2.45) is 5.41 Å². The minimum absolute atomic E-state index is 0.286. The molecule has 0 aliphatic carbocycles. The average molecular weight is 222 g/mol. The van der Waals surface area contributed by atoms with Crippen molar-refractivity contribution in [3.63, 3.8) is 0 Å². The van der Waals surface area contributed by atoms with Crippen molar-refractivity contribution >= 4 is 0 Å².